The van der Waals surface area contributed by atoms with E-state index in [1.54, 1.807) is 0 Å². The van der Waals surface area contributed by atoms with Crippen LogP contribution in [0.2, 0.25) is 5.02 Å². The number of benzene rings is 2. The molecule has 0 fully saturated rings. The largest absolute Gasteiger partial charge is 0.321 e. The standard InChI is InChI=1S/C15H10ClNOS/c16-12-7-4-8-13-11(12)9-14(19-13)15(18)17-10-5-2-1-3-6-10/h1-9H,(H,17,18). The van der Waals surface area contributed by atoms with E-state index in [4.69, 9.17) is 11.6 Å². The number of thiophene rings is 1. The topological polar surface area (TPSA) is 29.1 Å². The molecule has 0 saturated carbocycles. The van der Waals surface area contributed by atoms with Crippen LogP contribution in [-0.2, 0) is 0 Å². The molecular weight excluding hydrogens is 278 g/mol. The fraction of sp³-hybridized carbons (Fsp3) is 0. The molecule has 1 heterocycles. The Labute approximate surface area is 119 Å². The van der Waals surface area contributed by atoms with Gasteiger partial charge in [0.15, 0.2) is 0 Å². The maximum atomic E-state index is 12.2. The Kier molecular flexibility index (Phi) is 3.23. The molecule has 0 aliphatic rings. The lowest BCUT2D eigenvalue weighted by Gasteiger charge is -2.01. The Balaban J connectivity index is 1.92. The summed E-state index contributed by atoms with van der Waals surface area (Å²) in [4.78, 5) is 12.8. The summed E-state index contributed by atoms with van der Waals surface area (Å²) in [5.41, 5.74) is 0.788. The van der Waals surface area contributed by atoms with Crippen molar-refractivity contribution in [3.05, 3.63) is 64.5 Å². The second kappa shape index (κ2) is 5.03. The minimum Gasteiger partial charge on any atom is -0.321 e. The molecule has 2 nitrogen and oxygen atoms in total. The van der Waals surface area contributed by atoms with Crippen LogP contribution in [-0.4, -0.2) is 5.91 Å². The first-order chi connectivity index (χ1) is 9.24. The smallest absolute Gasteiger partial charge is 0.265 e. The summed E-state index contributed by atoms with van der Waals surface area (Å²) in [6.07, 6.45) is 0. The number of hydrogen-bond donors (Lipinski definition) is 1. The molecule has 19 heavy (non-hydrogen) atoms. The molecular formula is C15H10ClNOS. The van der Waals surface area contributed by atoms with Gasteiger partial charge in [-0.05, 0) is 30.3 Å². The van der Waals surface area contributed by atoms with Crippen LogP contribution in [0.4, 0.5) is 5.69 Å². The first kappa shape index (κ1) is 12.2. The van der Waals surface area contributed by atoms with E-state index in [-0.39, 0.29) is 5.91 Å². The van der Waals surface area contributed by atoms with E-state index in [0.29, 0.717) is 9.90 Å². The van der Waals surface area contributed by atoms with Crippen LogP contribution in [0.5, 0.6) is 0 Å². The summed E-state index contributed by atoms with van der Waals surface area (Å²) in [7, 11) is 0. The van der Waals surface area contributed by atoms with Crippen molar-refractivity contribution < 1.29 is 4.79 Å². The van der Waals surface area contributed by atoms with Crippen LogP contribution in [0.25, 0.3) is 10.1 Å². The molecule has 94 valence electrons. The van der Waals surface area contributed by atoms with E-state index in [0.717, 1.165) is 15.8 Å². The molecule has 1 aromatic heterocycles. The van der Waals surface area contributed by atoms with Gasteiger partial charge in [-0.3, -0.25) is 4.79 Å². The van der Waals surface area contributed by atoms with Crippen LogP contribution >= 0.6 is 22.9 Å². The molecule has 3 rings (SSSR count). The van der Waals surface area contributed by atoms with Gasteiger partial charge in [-0.15, -0.1) is 11.3 Å². The molecule has 2 aromatic carbocycles. The molecule has 0 saturated heterocycles. The lowest BCUT2D eigenvalue weighted by atomic mass is 10.2. The van der Waals surface area contributed by atoms with E-state index in [2.05, 4.69) is 5.32 Å². The van der Waals surface area contributed by atoms with Crippen molar-refractivity contribution >= 4 is 44.6 Å². The van der Waals surface area contributed by atoms with Gasteiger partial charge in [-0.25, -0.2) is 0 Å². The van der Waals surface area contributed by atoms with Crippen molar-refractivity contribution in [3.8, 4) is 0 Å². The number of halogens is 1. The number of amides is 1. The zero-order valence-electron chi connectivity index (χ0n) is 9.89. The van der Waals surface area contributed by atoms with Gasteiger partial charge in [0.2, 0.25) is 0 Å². The van der Waals surface area contributed by atoms with Crippen molar-refractivity contribution in [1.82, 2.24) is 0 Å². The normalized spacial score (nSPS) is 10.6. The molecule has 0 bridgehead atoms. The van der Waals surface area contributed by atoms with Gasteiger partial charge in [0.25, 0.3) is 5.91 Å². The van der Waals surface area contributed by atoms with Crippen molar-refractivity contribution in [3.63, 3.8) is 0 Å². The van der Waals surface area contributed by atoms with Crippen LogP contribution in [0, 0.1) is 0 Å². The lowest BCUT2D eigenvalue weighted by Crippen LogP contribution is -2.09. The van der Waals surface area contributed by atoms with Crippen molar-refractivity contribution in [2.24, 2.45) is 0 Å². The highest BCUT2D eigenvalue weighted by atomic mass is 35.5. The van der Waals surface area contributed by atoms with Crippen LogP contribution < -0.4 is 5.32 Å². The second-order valence-corrected chi connectivity index (χ2v) is 5.57. The summed E-state index contributed by atoms with van der Waals surface area (Å²) >= 11 is 7.55. The van der Waals surface area contributed by atoms with Gasteiger partial charge >= 0.3 is 0 Å². The highest BCUT2D eigenvalue weighted by Gasteiger charge is 2.11. The lowest BCUT2D eigenvalue weighted by molar-refractivity contribution is 0.103. The SMILES string of the molecule is O=C(Nc1ccccc1)c1cc2c(Cl)cccc2s1. The van der Waals surface area contributed by atoms with Crippen LogP contribution in [0.15, 0.2) is 54.6 Å². The third-order valence-corrected chi connectivity index (χ3v) is 4.19. The van der Waals surface area contributed by atoms with Gasteiger partial charge in [0.1, 0.15) is 0 Å². The quantitative estimate of drug-likeness (QED) is 0.720. The monoisotopic (exact) mass is 287 g/mol. The number of hydrogen-bond acceptors (Lipinski definition) is 2. The first-order valence-corrected chi connectivity index (χ1v) is 6.98. The number of carbonyl (C=O) groups is 1. The molecule has 4 heteroatoms. The van der Waals surface area contributed by atoms with Crippen LogP contribution in [0.1, 0.15) is 9.67 Å². The van der Waals surface area contributed by atoms with E-state index in [9.17, 15) is 4.79 Å². The number of carbonyl (C=O) groups excluding carboxylic acids is 1. The Hall–Kier alpha value is -1.84. The summed E-state index contributed by atoms with van der Waals surface area (Å²) in [5.74, 6) is -0.108. The molecule has 1 N–H and O–H groups in total. The number of anilines is 1. The first-order valence-electron chi connectivity index (χ1n) is 5.78. The maximum absolute atomic E-state index is 12.2. The van der Waals surface area contributed by atoms with Crippen molar-refractivity contribution in [2.45, 2.75) is 0 Å². The average molecular weight is 288 g/mol. The molecule has 0 spiro atoms. The van der Waals surface area contributed by atoms with E-state index in [1.807, 2.05) is 54.6 Å². The molecule has 0 radical (unpaired) electrons. The van der Waals surface area contributed by atoms with E-state index in [1.165, 1.54) is 11.3 Å². The average Bonchev–Trinajstić information content (AvgIpc) is 2.85. The van der Waals surface area contributed by atoms with Crippen molar-refractivity contribution in [2.75, 3.05) is 5.32 Å². The highest BCUT2D eigenvalue weighted by molar-refractivity contribution is 7.21. The predicted octanol–water partition coefficient (Wildman–Crippen LogP) is 4.81. The summed E-state index contributed by atoms with van der Waals surface area (Å²) in [5, 5.41) is 4.46. The van der Waals surface area contributed by atoms with Crippen LogP contribution in [0.3, 0.4) is 0 Å². The van der Waals surface area contributed by atoms with Gasteiger partial charge in [0, 0.05) is 20.8 Å². The Morgan fingerprint density at radius 3 is 2.58 bits per heavy atom. The summed E-state index contributed by atoms with van der Waals surface area (Å²) in [6.45, 7) is 0. The van der Waals surface area contributed by atoms with E-state index >= 15 is 0 Å². The molecule has 3 aromatic rings. The number of nitrogens with one attached hydrogen (secondary N) is 1. The number of fused-ring (bicyclic) bond motifs is 1. The molecule has 0 aliphatic carbocycles. The third kappa shape index (κ3) is 2.48. The molecule has 0 unspecified atom stereocenters. The van der Waals surface area contributed by atoms with Gasteiger partial charge < -0.3 is 5.32 Å². The summed E-state index contributed by atoms with van der Waals surface area (Å²) in [6, 6.07) is 16.9. The fourth-order valence-corrected chi connectivity index (χ4v) is 3.12. The maximum Gasteiger partial charge on any atom is 0.265 e. The van der Waals surface area contributed by atoms with Gasteiger partial charge in [-0.2, -0.15) is 0 Å². The Morgan fingerprint density at radius 2 is 1.84 bits per heavy atom. The number of para-hydroxylation sites is 1. The van der Waals surface area contributed by atoms with Gasteiger partial charge in [0.05, 0.1) is 4.88 Å². The highest BCUT2D eigenvalue weighted by Crippen LogP contribution is 2.31. The van der Waals surface area contributed by atoms with Crippen molar-refractivity contribution in [1.29, 1.82) is 0 Å². The number of rotatable bonds is 2. The fourth-order valence-electron chi connectivity index (χ4n) is 1.85. The summed E-state index contributed by atoms with van der Waals surface area (Å²) < 4.78 is 1.02. The third-order valence-electron chi connectivity index (χ3n) is 2.76. The Bertz CT molecular complexity index is 736. The molecule has 0 atom stereocenters. The minimum atomic E-state index is -0.108. The second-order valence-electron chi connectivity index (χ2n) is 4.08. The Morgan fingerprint density at radius 1 is 1.05 bits per heavy atom. The molecule has 0 aliphatic heterocycles. The molecule has 1 amide bonds. The van der Waals surface area contributed by atoms with Gasteiger partial charge in [-0.1, -0.05) is 35.9 Å². The predicted molar refractivity (Wildman–Crippen MR) is 81.2 cm³/mol. The zero-order chi connectivity index (χ0) is 13.2. The zero-order valence-corrected chi connectivity index (χ0v) is 11.5. The minimum absolute atomic E-state index is 0.108. The van der Waals surface area contributed by atoms with E-state index < -0.39 is 0 Å².